The van der Waals surface area contributed by atoms with Crippen LogP contribution in [-0.2, 0) is 11.3 Å². The number of fused-ring (bicyclic) bond motifs is 1. The summed E-state index contributed by atoms with van der Waals surface area (Å²) < 4.78 is 20.0. The monoisotopic (exact) mass is 511 g/mol. The summed E-state index contributed by atoms with van der Waals surface area (Å²) in [6, 6.07) is 11.7. The number of ether oxygens (including phenoxy) is 1. The number of methoxy groups -OCH3 is 1. The Bertz CT molecular complexity index is 1060. The smallest absolute Gasteiger partial charge is 0.257 e. The van der Waals surface area contributed by atoms with Crippen molar-refractivity contribution in [3.05, 3.63) is 59.4 Å². The van der Waals surface area contributed by atoms with Gasteiger partial charge >= 0.3 is 0 Å². The molecule has 0 atom stereocenters. The summed E-state index contributed by atoms with van der Waals surface area (Å²) in [4.78, 5) is 33.1. The maximum Gasteiger partial charge on any atom is 0.257 e. The molecule has 2 amide bonds. The van der Waals surface area contributed by atoms with Crippen molar-refractivity contribution >= 4 is 17.5 Å². The van der Waals surface area contributed by atoms with Crippen LogP contribution in [0.15, 0.2) is 42.5 Å². The summed E-state index contributed by atoms with van der Waals surface area (Å²) in [5, 5.41) is 0. The largest absolute Gasteiger partial charge is 0.496 e. The molecule has 0 aliphatic carbocycles. The van der Waals surface area contributed by atoms with Gasteiger partial charge in [-0.25, -0.2) is 4.39 Å². The van der Waals surface area contributed by atoms with E-state index in [1.807, 2.05) is 26.0 Å². The van der Waals surface area contributed by atoms with Gasteiger partial charge in [0.15, 0.2) is 0 Å². The second kappa shape index (κ2) is 13.6. The predicted octanol–water partition coefficient (Wildman–Crippen LogP) is 5.61. The molecule has 0 N–H and O–H groups in total. The van der Waals surface area contributed by atoms with Crippen LogP contribution in [0.1, 0.15) is 62.9 Å². The topological polar surface area (TPSA) is 53.1 Å². The minimum atomic E-state index is -0.380. The van der Waals surface area contributed by atoms with Gasteiger partial charge in [-0.1, -0.05) is 39.8 Å². The highest BCUT2D eigenvalue weighted by atomic mass is 19.1. The average molecular weight is 512 g/mol. The Kier molecular flexibility index (Phi) is 10.5. The zero-order valence-electron chi connectivity index (χ0n) is 23.0. The fourth-order valence-corrected chi connectivity index (χ4v) is 4.98. The first-order valence-corrected chi connectivity index (χ1v) is 13.4. The Morgan fingerprint density at radius 3 is 2.32 bits per heavy atom. The lowest BCUT2D eigenvalue weighted by Gasteiger charge is -2.32. The van der Waals surface area contributed by atoms with Crippen LogP contribution in [0.5, 0.6) is 5.75 Å². The molecule has 0 saturated carbocycles. The van der Waals surface area contributed by atoms with E-state index in [4.69, 9.17) is 4.74 Å². The highest BCUT2D eigenvalue weighted by Gasteiger charge is 2.25. The van der Waals surface area contributed by atoms with E-state index in [1.54, 1.807) is 35.1 Å². The van der Waals surface area contributed by atoms with Crippen molar-refractivity contribution in [2.24, 2.45) is 11.8 Å². The lowest BCUT2D eigenvalue weighted by molar-refractivity contribution is -0.119. The fraction of sp³-hybridized carbons (Fsp3) is 0.533. The maximum absolute atomic E-state index is 14.5. The summed E-state index contributed by atoms with van der Waals surface area (Å²) in [6.45, 7) is 12.4. The highest BCUT2D eigenvalue weighted by molar-refractivity contribution is 5.97. The number of halogens is 1. The number of rotatable bonds is 6. The van der Waals surface area contributed by atoms with Crippen molar-refractivity contribution in [2.75, 3.05) is 44.7 Å². The van der Waals surface area contributed by atoms with Gasteiger partial charge in [-0.05, 0) is 73.7 Å². The number of benzene rings is 2. The first kappa shape index (κ1) is 28.6. The van der Waals surface area contributed by atoms with Crippen LogP contribution in [0.3, 0.4) is 0 Å². The van der Waals surface area contributed by atoms with Crippen molar-refractivity contribution in [1.82, 2.24) is 9.80 Å². The normalized spacial score (nSPS) is 15.8. The predicted molar refractivity (Wildman–Crippen MR) is 146 cm³/mol. The lowest BCUT2D eigenvalue weighted by atomic mass is 10.1. The van der Waals surface area contributed by atoms with Crippen molar-refractivity contribution < 1.29 is 18.7 Å². The van der Waals surface area contributed by atoms with E-state index in [1.165, 1.54) is 12.1 Å². The van der Waals surface area contributed by atoms with Gasteiger partial charge in [-0.15, -0.1) is 0 Å². The van der Waals surface area contributed by atoms with Crippen LogP contribution in [0.4, 0.5) is 10.1 Å². The zero-order valence-corrected chi connectivity index (χ0v) is 23.0. The number of hydrogen-bond acceptors (Lipinski definition) is 4. The van der Waals surface area contributed by atoms with Crippen LogP contribution < -0.4 is 9.64 Å². The Labute approximate surface area is 221 Å². The number of nitrogens with zero attached hydrogens (tertiary/aromatic N) is 3. The van der Waals surface area contributed by atoms with Gasteiger partial charge in [0, 0.05) is 38.3 Å². The standard InChI is InChI=1S/C30H42FN3O3/c1-22(2)18-29(35)34-17-9-15-32(20-23(3)4)14-8-16-33(21-24-19-25(31)12-13-27(24)34)30(36)26-10-6-7-11-28(26)37-5/h6-7,10-13,19,22-23H,8-9,14-18,20-21H2,1-5H3. The molecule has 0 fully saturated rings. The molecule has 0 radical (unpaired) electrons. The molecule has 202 valence electrons. The van der Waals surface area contributed by atoms with Crippen LogP contribution in [0.2, 0.25) is 0 Å². The molecule has 6 nitrogen and oxygen atoms in total. The zero-order chi connectivity index (χ0) is 26.9. The van der Waals surface area contributed by atoms with Crippen molar-refractivity contribution in [3.8, 4) is 5.75 Å². The molecule has 0 spiro atoms. The van der Waals surface area contributed by atoms with E-state index in [0.717, 1.165) is 32.5 Å². The Hall–Kier alpha value is -2.93. The Morgan fingerprint density at radius 2 is 1.65 bits per heavy atom. The SMILES string of the molecule is COc1ccccc1C(=O)N1CCCN(CC(C)C)CCCN(C(=O)CC(C)C)c2ccc(F)cc2C1. The average Bonchev–Trinajstić information content (AvgIpc) is 2.84. The molecule has 37 heavy (non-hydrogen) atoms. The molecular formula is C30H42FN3O3. The van der Waals surface area contributed by atoms with Gasteiger partial charge in [0.25, 0.3) is 5.91 Å². The molecule has 0 saturated heterocycles. The summed E-state index contributed by atoms with van der Waals surface area (Å²) in [6.07, 6.45) is 2.04. The van der Waals surface area contributed by atoms with Crippen LogP contribution in [0.25, 0.3) is 0 Å². The number of para-hydroxylation sites is 1. The summed E-state index contributed by atoms with van der Waals surface area (Å²) in [5.41, 5.74) is 1.79. The van der Waals surface area contributed by atoms with E-state index in [2.05, 4.69) is 18.7 Å². The van der Waals surface area contributed by atoms with E-state index < -0.39 is 0 Å². The van der Waals surface area contributed by atoms with E-state index in [0.29, 0.717) is 48.0 Å². The second-order valence-corrected chi connectivity index (χ2v) is 10.7. The molecule has 0 aromatic heterocycles. The molecule has 7 heteroatoms. The molecule has 1 aliphatic rings. The molecule has 2 aromatic rings. The van der Waals surface area contributed by atoms with Gasteiger partial charge < -0.3 is 19.4 Å². The lowest BCUT2D eigenvalue weighted by Crippen LogP contribution is -2.40. The number of carbonyl (C=O) groups is 2. The number of anilines is 1. The van der Waals surface area contributed by atoms with E-state index >= 15 is 0 Å². The van der Waals surface area contributed by atoms with Crippen molar-refractivity contribution in [1.29, 1.82) is 0 Å². The molecule has 0 unspecified atom stereocenters. The molecule has 1 heterocycles. The van der Waals surface area contributed by atoms with E-state index in [-0.39, 0.29) is 30.1 Å². The fourth-order valence-electron chi connectivity index (χ4n) is 4.98. The molecule has 2 aromatic carbocycles. The Morgan fingerprint density at radius 1 is 0.946 bits per heavy atom. The first-order valence-electron chi connectivity index (χ1n) is 13.4. The van der Waals surface area contributed by atoms with Gasteiger partial charge in [-0.3, -0.25) is 9.59 Å². The van der Waals surface area contributed by atoms with E-state index in [9.17, 15) is 14.0 Å². The van der Waals surface area contributed by atoms with Crippen LogP contribution >= 0.6 is 0 Å². The minimum absolute atomic E-state index is 0.0259. The quantitative estimate of drug-likeness (QED) is 0.506. The van der Waals surface area contributed by atoms with Gasteiger partial charge in [0.05, 0.1) is 12.7 Å². The summed E-state index contributed by atoms with van der Waals surface area (Å²) in [5.74, 6) is 0.710. The van der Waals surface area contributed by atoms with Gasteiger partial charge in [0.2, 0.25) is 5.91 Å². The van der Waals surface area contributed by atoms with Gasteiger partial charge in [0.1, 0.15) is 11.6 Å². The highest BCUT2D eigenvalue weighted by Crippen LogP contribution is 2.28. The second-order valence-electron chi connectivity index (χ2n) is 10.7. The maximum atomic E-state index is 14.5. The number of hydrogen-bond donors (Lipinski definition) is 0. The third kappa shape index (κ3) is 8.03. The van der Waals surface area contributed by atoms with Crippen molar-refractivity contribution in [2.45, 2.75) is 53.5 Å². The van der Waals surface area contributed by atoms with Gasteiger partial charge in [-0.2, -0.15) is 0 Å². The first-order chi connectivity index (χ1) is 17.7. The minimum Gasteiger partial charge on any atom is -0.496 e. The summed E-state index contributed by atoms with van der Waals surface area (Å²) in [7, 11) is 1.55. The third-order valence-electron chi connectivity index (χ3n) is 6.58. The molecule has 3 rings (SSSR count). The number of carbonyl (C=O) groups excluding carboxylic acids is 2. The molecular weight excluding hydrogens is 469 g/mol. The Balaban J connectivity index is 2.03. The number of amides is 2. The van der Waals surface area contributed by atoms with Crippen LogP contribution in [0, 0.1) is 17.7 Å². The molecule has 1 aliphatic heterocycles. The third-order valence-corrected chi connectivity index (χ3v) is 6.58. The van der Waals surface area contributed by atoms with Crippen molar-refractivity contribution in [3.63, 3.8) is 0 Å². The van der Waals surface area contributed by atoms with Crippen LogP contribution in [-0.4, -0.2) is 61.4 Å². The summed E-state index contributed by atoms with van der Waals surface area (Å²) >= 11 is 0. The molecule has 0 bridgehead atoms.